The normalized spacial score (nSPS) is 11.8. The van der Waals surface area contributed by atoms with Crippen LogP contribution in [0.5, 0.6) is 0 Å². The van der Waals surface area contributed by atoms with Crippen molar-refractivity contribution in [2.24, 2.45) is 0 Å². The average Bonchev–Trinajstić information content (AvgIpc) is 2.53. The number of pyridine rings is 1. The fourth-order valence-electron chi connectivity index (χ4n) is 1.28. The lowest BCUT2D eigenvalue weighted by Gasteiger charge is -2.04. The van der Waals surface area contributed by atoms with Gasteiger partial charge in [-0.15, -0.1) is 0 Å². The Kier molecular flexibility index (Phi) is 3.20. The van der Waals surface area contributed by atoms with Gasteiger partial charge in [0.2, 0.25) is 0 Å². The van der Waals surface area contributed by atoms with E-state index in [1.807, 2.05) is 0 Å². The van der Waals surface area contributed by atoms with Crippen molar-refractivity contribution >= 4 is 48.6 Å². The van der Waals surface area contributed by atoms with Crippen LogP contribution in [0.2, 0.25) is 0 Å². The molecule has 0 saturated carbocycles. The van der Waals surface area contributed by atoms with Crippen LogP contribution in [0.3, 0.4) is 0 Å². The lowest BCUT2D eigenvalue weighted by Crippen LogP contribution is -2.06. The van der Waals surface area contributed by atoms with Gasteiger partial charge in [-0.1, -0.05) is 11.3 Å². The van der Waals surface area contributed by atoms with Crippen LogP contribution in [0.1, 0.15) is 5.69 Å². The van der Waals surface area contributed by atoms with E-state index in [4.69, 9.17) is 5.11 Å². The SMILES string of the molecule is O=C(O)Nc1sc2nc(C(F)(F)F)ccc2c1Br. The molecular formula is C9H4BrF3N2O2S. The number of hydrogen-bond acceptors (Lipinski definition) is 3. The van der Waals surface area contributed by atoms with Crippen LogP contribution < -0.4 is 5.32 Å². The summed E-state index contributed by atoms with van der Waals surface area (Å²) < 4.78 is 37.7. The number of halogens is 4. The number of hydrogen-bond donors (Lipinski definition) is 2. The Labute approximate surface area is 111 Å². The first-order valence-electron chi connectivity index (χ1n) is 4.45. The molecule has 0 fully saturated rings. The van der Waals surface area contributed by atoms with E-state index in [1.54, 1.807) is 0 Å². The van der Waals surface area contributed by atoms with E-state index in [2.05, 4.69) is 26.2 Å². The number of carbonyl (C=O) groups is 1. The highest BCUT2D eigenvalue weighted by Gasteiger charge is 2.33. The Morgan fingerprint density at radius 2 is 2.11 bits per heavy atom. The van der Waals surface area contributed by atoms with Crippen molar-refractivity contribution < 1.29 is 23.1 Å². The number of nitrogens with one attached hydrogen (secondary N) is 1. The summed E-state index contributed by atoms with van der Waals surface area (Å²) in [5.41, 5.74) is -1.01. The first kappa shape index (κ1) is 13.1. The first-order valence-corrected chi connectivity index (χ1v) is 6.06. The summed E-state index contributed by atoms with van der Waals surface area (Å²) in [6, 6.07) is 2.10. The number of carboxylic acid groups (broad SMARTS) is 1. The van der Waals surface area contributed by atoms with Crippen molar-refractivity contribution in [3.63, 3.8) is 0 Å². The minimum absolute atomic E-state index is 0.112. The Morgan fingerprint density at radius 3 is 2.67 bits per heavy atom. The van der Waals surface area contributed by atoms with Gasteiger partial charge in [0, 0.05) is 5.39 Å². The fraction of sp³-hybridized carbons (Fsp3) is 0.111. The Balaban J connectivity index is 2.55. The van der Waals surface area contributed by atoms with E-state index in [0.29, 0.717) is 9.86 Å². The second-order valence-electron chi connectivity index (χ2n) is 3.22. The van der Waals surface area contributed by atoms with Crippen LogP contribution in [-0.2, 0) is 6.18 Å². The Morgan fingerprint density at radius 1 is 1.44 bits per heavy atom. The third kappa shape index (κ3) is 2.41. The maximum atomic E-state index is 12.5. The number of alkyl halides is 3. The molecule has 0 spiro atoms. The Hall–Kier alpha value is -1.35. The molecule has 0 atom stereocenters. The molecule has 1 amide bonds. The van der Waals surface area contributed by atoms with Gasteiger partial charge < -0.3 is 5.11 Å². The molecule has 0 aliphatic rings. The quantitative estimate of drug-likeness (QED) is 0.818. The molecule has 2 aromatic rings. The zero-order chi connectivity index (χ0) is 13.5. The minimum Gasteiger partial charge on any atom is -0.465 e. The number of aromatic nitrogens is 1. The number of anilines is 1. The summed E-state index contributed by atoms with van der Waals surface area (Å²) in [5, 5.41) is 11.3. The highest BCUT2D eigenvalue weighted by molar-refractivity contribution is 9.10. The standard InChI is InChI=1S/C9H4BrF3N2O2S/c10-5-3-1-2-4(9(11,12)13)14-6(3)18-7(5)15-8(16)17/h1-2,15H,(H,16,17). The van der Waals surface area contributed by atoms with Crippen LogP contribution in [0.25, 0.3) is 10.2 Å². The van der Waals surface area contributed by atoms with E-state index in [-0.39, 0.29) is 9.83 Å². The van der Waals surface area contributed by atoms with Crippen molar-refractivity contribution in [1.29, 1.82) is 0 Å². The number of fused-ring (bicyclic) bond motifs is 1. The van der Waals surface area contributed by atoms with Gasteiger partial charge in [0.05, 0.1) is 4.47 Å². The van der Waals surface area contributed by atoms with E-state index < -0.39 is 18.0 Å². The lowest BCUT2D eigenvalue weighted by molar-refractivity contribution is -0.140. The summed E-state index contributed by atoms with van der Waals surface area (Å²) in [7, 11) is 0. The van der Waals surface area contributed by atoms with E-state index in [9.17, 15) is 18.0 Å². The Bertz CT molecular complexity index is 626. The predicted octanol–water partition coefficient (Wildman–Crippen LogP) is 4.17. The first-order chi connectivity index (χ1) is 8.29. The molecule has 0 aromatic carbocycles. The van der Waals surface area contributed by atoms with Gasteiger partial charge in [-0.2, -0.15) is 13.2 Å². The van der Waals surface area contributed by atoms with E-state index >= 15 is 0 Å². The summed E-state index contributed by atoms with van der Waals surface area (Å²) in [5.74, 6) is 0. The number of amides is 1. The minimum atomic E-state index is -4.52. The molecule has 0 bridgehead atoms. The van der Waals surface area contributed by atoms with Crippen molar-refractivity contribution in [2.75, 3.05) is 5.32 Å². The molecule has 2 N–H and O–H groups in total. The molecule has 96 valence electrons. The lowest BCUT2D eigenvalue weighted by atomic mass is 10.3. The highest BCUT2D eigenvalue weighted by atomic mass is 79.9. The second kappa shape index (κ2) is 4.39. The summed E-state index contributed by atoms with van der Waals surface area (Å²) in [6.07, 6.45) is -5.82. The molecule has 0 unspecified atom stereocenters. The number of rotatable bonds is 1. The van der Waals surface area contributed by atoms with E-state index in [0.717, 1.165) is 17.4 Å². The van der Waals surface area contributed by atoms with Gasteiger partial charge in [-0.3, -0.25) is 5.32 Å². The number of thiophene rings is 1. The molecule has 0 aliphatic heterocycles. The van der Waals surface area contributed by atoms with Crippen LogP contribution in [0.4, 0.5) is 23.0 Å². The van der Waals surface area contributed by atoms with Crippen LogP contribution in [0, 0.1) is 0 Å². The molecular weight excluding hydrogens is 337 g/mol. The van der Waals surface area contributed by atoms with E-state index in [1.165, 1.54) is 6.07 Å². The highest BCUT2D eigenvalue weighted by Crippen LogP contribution is 2.40. The summed E-state index contributed by atoms with van der Waals surface area (Å²) >= 11 is 3.95. The second-order valence-corrected chi connectivity index (χ2v) is 5.01. The maximum Gasteiger partial charge on any atom is 0.433 e. The molecule has 0 saturated heterocycles. The smallest absolute Gasteiger partial charge is 0.433 e. The van der Waals surface area contributed by atoms with Gasteiger partial charge in [0.15, 0.2) is 0 Å². The fourth-order valence-corrected chi connectivity index (χ4v) is 3.03. The van der Waals surface area contributed by atoms with Gasteiger partial charge in [-0.05, 0) is 28.1 Å². The molecule has 9 heteroatoms. The molecule has 18 heavy (non-hydrogen) atoms. The van der Waals surface area contributed by atoms with Crippen LogP contribution >= 0.6 is 27.3 Å². The molecule has 4 nitrogen and oxygen atoms in total. The zero-order valence-electron chi connectivity index (χ0n) is 8.38. The molecule has 0 aliphatic carbocycles. The molecule has 2 rings (SSSR count). The summed E-state index contributed by atoms with van der Waals surface area (Å²) in [6.45, 7) is 0. The van der Waals surface area contributed by atoms with Gasteiger partial charge >= 0.3 is 12.3 Å². The van der Waals surface area contributed by atoms with Crippen molar-refractivity contribution in [3.8, 4) is 0 Å². The molecule has 2 heterocycles. The molecule has 2 aromatic heterocycles. The van der Waals surface area contributed by atoms with Crippen molar-refractivity contribution in [1.82, 2.24) is 4.98 Å². The van der Waals surface area contributed by atoms with Gasteiger partial charge in [0.25, 0.3) is 0 Å². The third-order valence-corrected chi connectivity index (χ3v) is 4.11. The monoisotopic (exact) mass is 340 g/mol. The molecule has 0 radical (unpaired) electrons. The van der Waals surface area contributed by atoms with Crippen molar-refractivity contribution in [2.45, 2.75) is 6.18 Å². The predicted molar refractivity (Wildman–Crippen MR) is 64.0 cm³/mol. The summed E-state index contributed by atoms with van der Waals surface area (Å²) in [4.78, 5) is 14.1. The number of nitrogens with zero attached hydrogens (tertiary/aromatic N) is 1. The average molecular weight is 341 g/mol. The zero-order valence-corrected chi connectivity index (χ0v) is 10.8. The van der Waals surface area contributed by atoms with Crippen LogP contribution in [-0.4, -0.2) is 16.2 Å². The maximum absolute atomic E-state index is 12.5. The topological polar surface area (TPSA) is 62.2 Å². The largest absolute Gasteiger partial charge is 0.465 e. The van der Waals surface area contributed by atoms with Gasteiger partial charge in [-0.25, -0.2) is 9.78 Å². The third-order valence-electron chi connectivity index (χ3n) is 2.01. The van der Waals surface area contributed by atoms with Crippen LogP contribution in [0.15, 0.2) is 16.6 Å². The van der Waals surface area contributed by atoms with Gasteiger partial charge in [0.1, 0.15) is 15.5 Å². The van der Waals surface area contributed by atoms with Crippen molar-refractivity contribution in [3.05, 3.63) is 22.3 Å².